The Labute approximate surface area is 82.8 Å². The minimum absolute atomic E-state index is 0.192. The fourth-order valence-electron chi connectivity index (χ4n) is 1.17. The zero-order chi connectivity index (χ0) is 9.68. The molecule has 2 N–H and O–H groups in total. The van der Waals surface area contributed by atoms with Gasteiger partial charge in [0.2, 0.25) is 0 Å². The van der Waals surface area contributed by atoms with Crippen LogP contribution in [-0.2, 0) is 0 Å². The molecule has 74 valence electrons. The first-order valence-electron chi connectivity index (χ1n) is 4.53. The average Bonchev–Trinajstić information content (AvgIpc) is 2.66. The van der Waals surface area contributed by atoms with Crippen molar-refractivity contribution in [1.82, 2.24) is 10.3 Å². The number of aliphatic hydroxyl groups is 1. The summed E-state index contributed by atoms with van der Waals surface area (Å²) in [5.41, 5.74) is 1.83. The van der Waals surface area contributed by atoms with Crippen LogP contribution in [0.5, 0.6) is 0 Å². The first kappa shape index (κ1) is 10.6. The summed E-state index contributed by atoms with van der Waals surface area (Å²) in [7, 11) is 0. The Kier molecular flexibility index (Phi) is 4.35. The average molecular weight is 200 g/mol. The molecule has 1 heterocycles. The molecule has 2 atom stereocenters. The molecule has 0 aromatic carbocycles. The van der Waals surface area contributed by atoms with Gasteiger partial charge in [-0.1, -0.05) is 6.92 Å². The van der Waals surface area contributed by atoms with Crippen molar-refractivity contribution < 1.29 is 5.11 Å². The molecule has 0 aliphatic heterocycles. The predicted molar refractivity (Wildman–Crippen MR) is 54.8 cm³/mol. The number of rotatable bonds is 5. The van der Waals surface area contributed by atoms with Gasteiger partial charge in [0, 0.05) is 23.2 Å². The molecular weight excluding hydrogens is 184 g/mol. The van der Waals surface area contributed by atoms with Gasteiger partial charge in [-0.05, 0) is 13.3 Å². The standard InChI is InChI=1S/C9H16N2OS/c1-3-8(5-12)11-7(2)9-4-10-6-13-9/h4,6-8,11-12H,3,5H2,1-2H3/t7?,8-/m1/s1. The summed E-state index contributed by atoms with van der Waals surface area (Å²) in [5, 5.41) is 12.3. The molecule has 1 unspecified atom stereocenters. The third kappa shape index (κ3) is 3.06. The molecule has 1 rings (SSSR count). The monoisotopic (exact) mass is 200 g/mol. The van der Waals surface area contributed by atoms with Crippen LogP contribution in [0.1, 0.15) is 31.2 Å². The van der Waals surface area contributed by atoms with Crippen LogP contribution < -0.4 is 5.32 Å². The second kappa shape index (κ2) is 5.32. The molecule has 0 radical (unpaired) electrons. The van der Waals surface area contributed by atoms with E-state index >= 15 is 0 Å². The van der Waals surface area contributed by atoms with Gasteiger partial charge in [-0.2, -0.15) is 0 Å². The van der Waals surface area contributed by atoms with Crippen LogP contribution in [0.15, 0.2) is 11.7 Å². The number of aliphatic hydroxyl groups excluding tert-OH is 1. The fourth-order valence-corrected chi connectivity index (χ4v) is 1.81. The van der Waals surface area contributed by atoms with Crippen molar-refractivity contribution in [1.29, 1.82) is 0 Å². The van der Waals surface area contributed by atoms with Gasteiger partial charge in [-0.15, -0.1) is 11.3 Å². The minimum Gasteiger partial charge on any atom is -0.395 e. The molecule has 3 nitrogen and oxygen atoms in total. The van der Waals surface area contributed by atoms with Gasteiger partial charge in [0.15, 0.2) is 0 Å². The highest BCUT2D eigenvalue weighted by molar-refractivity contribution is 7.09. The SMILES string of the molecule is CC[C@H](CO)NC(C)c1cncs1. The lowest BCUT2D eigenvalue weighted by Crippen LogP contribution is -2.33. The van der Waals surface area contributed by atoms with Crippen molar-refractivity contribution in [3.63, 3.8) is 0 Å². The van der Waals surface area contributed by atoms with E-state index in [-0.39, 0.29) is 18.7 Å². The maximum atomic E-state index is 9.00. The van der Waals surface area contributed by atoms with Crippen molar-refractivity contribution in [2.45, 2.75) is 32.4 Å². The quantitative estimate of drug-likeness (QED) is 0.758. The van der Waals surface area contributed by atoms with Crippen molar-refractivity contribution in [2.24, 2.45) is 0 Å². The van der Waals surface area contributed by atoms with Crippen LogP contribution in [0.3, 0.4) is 0 Å². The molecule has 0 bridgehead atoms. The maximum absolute atomic E-state index is 9.00. The third-order valence-corrected chi connectivity index (χ3v) is 3.04. The highest BCUT2D eigenvalue weighted by Gasteiger charge is 2.11. The number of hydrogen-bond acceptors (Lipinski definition) is 4. The van der Waals surface area contributed by atoms with E-state index in [0.717, 1.165) is 6.42 Å². The number of aromatic nitrogens is 1. The highest BCUT2D eigenvalue weighted by Crippen LogP contribution is 2.16. The maximum Gasteiger partial charge on any atom is 0.0794 e. The molecule has 0 aliphatic rings. The molecule has 0 fully saturated rings. The zero-order valence-corrected chi connectivity index (χ0v) is 8.84. The molecular formula is C9H16N2OS. The molecule has 0 amide bonds. The summed E-state index contributed by atoms with van der Waals surface area (Å²) >= 11 is 1.64. The number of thiazole rings is 1. The van der Waals surface area contributed by atoms with Crippen LogP contribution in [-0.4, -0.2) is 22.7 Å². The first-order chi connectivity index (χ1) is 6.27. The zero-order valence-electron chi connectivity index (χ0n) is 8.03. The summed E-state index contributed by atoms with van der Waals surface area (Å²) in [4.78, 5) is 5.23. The van der Waals surface area contributed by atoms with E-state index in [2.05, 4.69) is 24.1 Å². The Morgan fingerprint density at radius 3 is 2.92 bits per heavy atom. The van der Waals surface area contributed by atoms with E-state index in [1.54, 1.807) is 11.3 Å². The van der Waals surface area contributed by atoms with E-state index in [9.17, 15) is 0 Å². The van der Waals surface area contributed by atoms with Crippen molar-refractivity contribution in [3.05, 3.63) is 16.6 Å². The lowest BCUT2D eigenvalue weighted by atomic mass is 10.2. The molecule has 0 aliphatic carbocycles. The molecule has 13 heavy (non-hydrogen) atoms. The summed E-state index contributed by atoms with van der Waals surface area (Å²) in [6, 6.07) is 0.474. The van der Waals surface area contributed by atoms with Crippen LogP contribution in [0.25, 0.3) is 0 Å². The van der Waals surface area contributed by atoms with Gasteiger partial charge in [-0.25, -0.2) is 0 Å². The van der Waals surface area contributed by atoms with Gasteiger partial charge in [0.05, 0.1) is 12.1 Å². The second-order valence-electron chi connectivity index (χ2n) is 3.08. The largest absolute Gasteiger partial charge is 0.395 e. The van der Waals surface area contributed by atoms with Gasteiger partial charge >= 0.3 is 0 Å². The fraction of sp³-hybridized carbons (Fsp3) is 0.667. The van der Waals surface area contributed by atoms with Crippen molar-refractivity contribution >= 4 is 11.3 Å². The van der Waals surface area contributed by atoms with Gasteiger partial charge in [-0.3, -0.25) is 4.98 Å². The number of hydrogen-bond donors (Lipinski definition) is 2. The van der Waals surface area contributed by atoms with Gasteiger partial charge < -0.3 is 10.4 Å². The first-order valence-corrected chi connectivity index (χ1v) is 5.41. The topological polar surface area (TPSA) is 45.1 Å². The Morgan fingerprint density at radius 1 is 1.69 bits per heavy atom. The van der Waals surface area contributed by atoms with Crippen LogP contribution in [0, 0.1) is 0 Å². The van der Waals surface area contributed by atoms with E-state index in [1.807, 2.05) is 11.7 Å². The highest BCUT2D eigenvalue weighted by atomic mass is 32.1. The summed E-state index contributed by atoms with van der Waals surface area (Å²) in [5.74, 6) is 0. The normalized spacial score (nSPS) is 15.6. The summed E-state index contributed by atoms with van der Waals surface area (Å²) < 4.78 is 0. The summed E-state index contributed by atoms with van der Waals surface area (Å²) in [6.07, 6.45) is 2.81. The Balaban J connectivity index is 2.45. The smallest absolute Gasteiger partial charge is 0.0794 e. The lowest BCUT2D eigenvalue weighted by Gasteiger charge is -2.18. The van der Waals surface area contributed by atoms with Crippen LogP contribution in [0.2, 0.25) is 0 Å². The van der Waals surface area contributed by atoms with Crippen molar-refractivity contribution in [3.8, 4) is 0 Å². The van der Waals surface area contributed by atoms with Gasteiger partial charge in [0.1, 0.15) is 0 Å². The molecule has 1 aromatic heterocycles. The second-order valence-corrected chi connectivity index (χ2v) is 4.00. The molecule has 4 heteroatoms. The van der Waals surface area contributed by atoms with E-state index in [0.29, 0.717) is 0 Å². The Morgan fingerprint density at radius 2 is 2.46 bits per heavy atom. The van der Waals surface area contributed by atoms with E-state index < -0.39 is 0 Å². The van der Waals surface area contributed by atoms with Gasteiger partial charge in [0.25, 0.3) is 0 Å². The number of nitrogens with one attached hydrogen (secondary N) is 1. The summed E-state index contributed by atoms with van der Waals surface area (Å²) in [6.45, 7) is 4.35. The molecule has 0 spiro atoms. The molecule has 0 saturated heterocycles. The predicted octanol–water partition coefficient (Wildman–Crippen LogP) is 1.56. The minimum atomic E-state index is 0.192. The number of nitrogens with zero attached hydrogens (tertiary/aromatic N) is 1. The third-order valence-electron chi connectivity index (χ3n) is 2.08. The van der Waals surface area contributed by atoms with E-state index in [1.165, 1.54) is 4.88 Å². The molecule has 1 aromatic rings. The van der Waals surface area contributed by atoms with Crippen molar-refractivity contribution in [2.75, 3.05) is 6.61 Å². The molecule has 0 saturated carbocycles. The lowest BCUT2D eigenvalue weighted by molar-refractivity contribution is 0.230. The van der Waals surface area contributed by atoms with Crippen LogP contribution in [0.4, 0.5) is 0 Å². The van der Waals surface area contributed by atoms with Crippen LogP contribution >= 0.6 is 11.3 Å². The Bertz CT molecular complexity index is 222. The van der Waals surface area contributed by atoms with E-state index in [4.69, 9.17) is 5.11 Å². The Hall–Kier alpha value is -0.450.